The molecular weight excluding hydrogens is 134 g/mol. The number of halogens is 1. The van der Waals surface area contributed by atoms with Gasteiger partial charge >= 0.3 is 0 Å². The number of nitrogens with zero attached hydrogens (tertiary/aromatic N) is 1. The highest BCUT2D eigenvalue weighted by molar-refractivity contribution is 5.85. The van der Waals surface area contributed by atoms with Crippen LogP contribution in [0.1, 0.15) is 0 Å². The van der Waals surface area contributed by atoms with Crippen molar-refractivity contribution < 1.29 is 0 Å². The molecule has 0 aromatic carbocycles. The van der Waals surface area contributed by atoms with Crippen molar-refractivity contribution in [2.75, 3.05) is 0 Å². The molecule has 0 saturated carbocycles. The van der Waals surface area contributed by atoms with E-state index in [1.165, 1.54) is 0 Å². The van der Waals surface area contributed by atoms with E-state index in [0.717, 1.165) is 0 Å². The first-order valence-electron chi connectivity index (χ1n) is 2.46. The highest BCUT2D eigenvalue weighted by Crippen LogP contribution is 1.80. The van der Waals surface area contributed by atoms with Crippen molar-refractivity contribution in [3.05, 3.63) is 37.7 Å². The van der Waals surface area contributed by atoms with Crippen LogP contribution in [0.3, 0.4) is 0 Å². The summed E-state index contributed by atoms with van der Waals surface area (Å²) in [6.07, 6.45) is 4.00. The summed E-state index contributed by atoms with van der Waals surface area (Å²) in [5, 5.41) is 0. The van der Waals surface area contributed by atoms with Crippen LogP contribution < -0.4 is 0 Å². The maximum Gasteiger partial charge on any atom is 0.0106 e. The fraction of sp³-hybridized carbons (Fsp3) is 0.143. The van der Waals surface area contributed by atoms with Crippen molar-refractivity contribution in [1.82, 2.24) is 4.57 Å². The molecule has 0 bridgehead atoms. The summed E-state index contributed by atoms with van der Waals surface area (Å²) in [4.78, 5) is 0. The van der Waals surface area contributed by atoms with Crippen LogP contribution in [0.4, 0.5) is 0 Å². The summed E-state index contributed by atoms with van der Waals surface area (Å²) in [5.74, 6) is 0. The Labute approximate surface area is 62.4 Å². The second-order valence-corrected chi connectivity index (χ2v) is 1.35. The van der Waals surface area contributed by atoms with E-state index in [1.807, 2.05) is 36.1 Å². The molecule has 0 amide bonds. The van der Waals surface area contributed by atoms with Gasteiger partial charge < -0.3 is 4.57 Å². The molecule has 1 rings (SSSR count). The molecule has 0 N–H and O–H groups in total. The first kappa shape index (κ1) is 11.2. The van der Waals surface area contributed by atoms with Gasteiger partial charge in [0.05, 0.1) is 0 Å². The smallest absolute Gasteiger partial charge is 0.0106 e. The van der Waals surface area contributed by atoms with Crippen LogP contribution >= 0.6 is 12.4 Å². The molecule has 1 nitrogen and oxygen atoms in total. The van der Waals surface area contributed by atoms with E-state index in [1.54, 1.807) is 0 Å². The van der Waals surface area contributed by atoms with Gasteiger partial charge in [-0.3, -0.25) is 0 Å². The van der Waals surface area contributed by atoms with Crippen LogP contribution in [-0.2, 0) is 7.05 Å². The monoisotopic (exact) mass is 145 g/mol. The van der Waals surface area contributed by atoms with E-state index >= 15 is 0 Å². The van der Waals surface area contributed by atoms with Crippen molar-refractivity contribution in [1.29, 1.82) is 0 Å². The molecule has 0 aliphatic heterocycles. The zero-order chi connectivity index (χ0) is 6.41. The lowest BCUT2D eigenvalue weighted by Gasteiger charge is -1.79. The minimum Gasteiger partial charge on any atom is -0.357 e. The highest BCUT2D eigenvalue weighted by atomic mass is 35.5. The minimum absolute atomic E-state index is 0. The minimum atomic E-state index is 0. The maximum atomic E-state index is 3.00. The fourth-order valence-corrected chi connectivity index (χ4v) is 0.421. The number of aromatic nitrogens is 1. The Morgan fingerprint density at radius 2 is 1.44 bits per heavy atom. The maximum absolute atomic E-state index is 3.00. The van der Waals surface area contributed by atoms with Gasteiger partial charge in [-0.1, -0.05) is 0 Å². The van der Waals surface area contributed by atoms with Gasteiger partial charge in [0.1, 0.15) is 0 Å². The number of aryl methyl sites for hydroxylation is 1. The molecule has 0 radical (unpaired) electrons. The fourth-order valence-electron chi connectivity index (χ4n) is 0.421. The van der Waals surface area contributed by atoms with E-state index < -0.39 is 0 Å². The molecule has 1 aromatic rings. The zero-order valence-electron chi connectivity index (χ0n) is 5.58. The largest absolute Gasteiger partial charge is 0.357 e. The second-order valence-electron chi connectivity index (χ2n) is 1.35. The van der Waals surface area contributed by atoms with Gasteiger partial charge in [-0.05, 0) is 12.1 Å². The van der Waals surface area contributed by atoms with Crippen LogP contribution in [0, 0.1) is 0 Å². The number of rotatable bonds is 0. The highest BCUT2D eigenvalue weighted by Gasteiger charge is 1.68. The van der Waals surface area contributed by atoms with E-state index in [2.05, 4.69) is 13.2 Å². The Morgan fingerprint density at radius 1 is 1.11 bits per heavy atom. The number of hydrogen-bond donors (Lipinski definition) is 0. The molecule has 0 saturated heterocycles. The van der Waals surface area contributed by atoms with Crippen LogP contribution in [0.5, 0.6) is 0 Å². The molecule has 1 aromatic heterocycles. The van der Waals surface area contributed by atoms with Crippen molar-refractivity contribution in [2.45, 2.75) is 0 Å². The van der Waals surface area contributed by atoms with Crippen LogP contribution in [0.2, 0.25) is 0 Å². The van der Waals surface area contributed by atoms with Crippen LogP contribution in [-0.4, -0.2) is 4.57 Å². The van der Waals surface area contributed by atoms with E-state index in [9.17, 15) is 0 Å². The first-order chi connectivity index (χ1) is 3.89. The lowest BCUT2D eigenvalue weighted by molar-refractivity contribution is 0.928. The van der Waals surface area contributed by atoms with Gasteiger partial charge in [0.25, 0.3) is 0 Å². The van der Waals surface area contributed by atoms with Crippen molar-refractivity contribution >= 4 is 12.4 Å². The summed E-state index contributed by atoms with van der Waals surface area (Å²) in [7, 11) is 2.00. The topological polar surface area (TPSA) is 4.93 Å². The molecule has 0 atom stereocenters. The van der Waals surface area contributed by atoms with Gasteiger partial charge in [-0.2, -0.15) is 0 Å². The van der Waals surface area contributed by atoms with Crippen molar-refractivity contribution in [3.63, 3.8) is 0 Å². The van der Waals surface area contributed by atoms with Crippen LogP contribution in [0.15, 0.2) is 37.7 Å². The molecule has 0 fully saturated rings. The lowest BCUT2D eigenvalue weighted by atomic mass is 10.7. The van der Waals surface area contributed by atoms with Gasteiger partial charge in [-0.15, -0.1) is 25.6 Å². The summed E-state index contributed by atoms with van der Waals surface area (Å²) in [5.41, 5.74) is 0. The Morgan fingerprint density at radius 3 is 1.56 bits per heavy atom. The first-order valence-corrected chi connectivity index (χ1v) is 2.46. The average molecular weight is 146 g/mol. The SMILES string of the molecule is C=C.Cl.Cn1cccc1. The average Bonchev–Trinajstić information content (AvgIpc) is 2.24. The summed E-state index contributed by atoms with van der Waals surface area (Å²) >= 11 is 0. The quantitative estimate of drug-likeness (QED) is 0.494. The second kappa shape index (κ2) is 7.31. The summed E-state index contributed by atoms with van der Waals surface area (Å²) < 4.78 is 2.00. The molecular formula is C7H12ClN. The van der Waals surface area contributed by atoms with Crippen molar-refractivity contribution in [2.24, 2.45) is 7.05 Å². The predicted molar refractivity (Wildman–Crippen MR) is 43.9 cm³/mol. The Balaban J connectivity index is 0. The van der Waals surface area contributed by atoms with Crippen molar-refractivity contribution in [3.8, 4) is 0 Å². The normalized spacial score (nSPS) is 6.33. The Kier molecular flexibility index (Phi) is 9.06. The van der Waals surface area contributed by atoms with E-state index in [4.69, 9.17) is 0 Å². The Bertz CT molecular complexity index is 123. The third-order valence-electron chi connectivity index (χ3n) is 0.754. The summed E-state index contributed by atoms with van der Waals surface area (Å²) in [6.45, 7) is 6.00. The van der Waals surface area contributed by atoms with Gasteiger partial charge in [0.15, 0.2) is 0 Å². The molecule has 0 aliphatic rings. The molecule has 0 spiro atoms. The molecule has 52 valence electrons. The summed E-state index contributed by atoms with van der Waals surface area (Å²) in [6, 6.07) is 4.00. The number of hydrogen-bond acceptors (Lipinski definition) is 0. The molecule has 1 heterocycles. The lowest BCUT2D eigenvalue weighted by Crippen LogP contribution is -1.75. The van der Waals surface area contributed by atoms with Gasteiger partial charge in [-0.25, -0.2) is 0 Å². The molecule has 0 unspecified atom stereocenters. The third-order valence-corrected chi connectivity index (χ3v) is 0.754. The molecule has 2 heteroatoms. The molecule has 9 heavy (non-hydrogen) atoms. The molecule has 0 aliphatic carbocycles. The zero-order valence-corrected chi connectivity index (χ0v) is 6.40. The van der Waals surface area contributed by atoms with Crippen LogP contribution in [0.25, 0.3) is 0 Å². The van der Waals surface area contributed by atoms with Gasteiger partial charge in [0.2, 0.25) is 0 Å². The third kappa shape index (κ3) is 5.18. The van der Waals surface area contributed by atoms with Gasteiger partial charge in [0, 0.05) is 19.4 Å². The van der Waals surface area contributed by atoms with E-state index in [0.29, 0.717) is 0 Å². The standard InChI is InChI=1S/C5H7N.C2H4.ClH/c1-6-4-2-3-5-6;1-2;/h2-5H,1H3;1-2H2;1H. The van der Waals surface area contributed by atoms with E-state index in [-0.39, 0.29) is 12.4 Å². The predicted octanol–water partition coefficient (Wildman–Crippen LogP) is 2.25. The Hall–Kier alpha value is -0.690.